The first-order valence-electron chi connectivity index (χ1n) is 11.0. The number of nitrogens with zero attached hydrogens (tertiary/aromatic N) is 5. The largest absolute Gasteiger partial charge is 0.441 e. The lowest BCUT2D eigenvalue weighted by atomic mass is 9.78. The Balaban J connectivity index is 0.00000162. The third-order valence-corrected chi connectivity index (χ3v) is 6.48. The first-order valence-corrected chi connectivity index (χ1v) is 11.0. The molecule has 1 amide bonds. The van der Waals surface area contributed by atoms with E-state index in [0.717, 1.165) is 49.3 Å². The summed E-state index contributed by atoms with van der Waals surface area (Å²) in [5.41, 5.74) is 2.75. The van der Waals surface area contributed by atoms with Crippen LogP contribution < -0.4 is 10.2 Å². The second-order valence-electron chi connectivity index (χ2n) is 8.66. The molecule has 5 rings (SSSR count). The van der Waals surface area contributed by atoms with Crippen molar-refractivity contribution in [2.45, 2.75) is 38.2 Å². The van der Waals surface area contributed by atoms with Crippen LogP contribution in [0.25, 0.3) is 11.3 Å². The van der Waals surface area contributed by atoms with E-state index in [0.29, 0.717) is 18.3 Å². The Morgan fingerprint density at radius 1 is 1.03 bits per heavy atom. The third kappa shape index (κ3) is 5.39. The van der Waals surface area contributed by atoms with E-state index in [1.54, 1.807) is 23.2 Å². The first kappa shape index (κ1) is 25.6. The molecule has 1 aliphatic heterocycles. The Kier molecular flexibility index (Phi) is 8.28. The molecule has 2 fully saturated rings. The molecule has 180 valence electrons. The van der Waals surface area contributed by atoms with Crippen LogP contribution >= 0.6 is 24.8 Å². The van der Waals surface area contributed by atoms with E-state index in [1.807, 2.05) is 24.3 Å². The number of rotatable bonds is 5. The van der Waals surface area contributed by atoms with Gasteiger partial charge in [-0.25, -0.2) is 4.79 Å². The van der Waals surface area contributed by atoms with Crippen LogP contribution in [0.3, 0.4) is 0 Å². The molecule has 2 aromatic heterocycles. The Morgan fingerprint density at radius 2 is 1.82 bits per heavy atom. The van der Waals surface area contributed by atoms with Gasteiger partial charge in [0.05, 0.1) is 12.2 Å². The molecule has 1 N–H and O–H groups in total. The summed E-state index contributed by atoms with van der Waals surface area (Å²) in [5.74, 6) is 1.83. The molecule has 10 heteroatoms. The van der Waals surface area contributed by atoms with Gasteiger partial charge in [-0.3, -0.25) is 4.90 Å². The van der Waals surface area contributed by atoms with Gasteiger partial charge in [0, 0.05) is 18.3 Å². The Hall–Kier alpha value is -2.97. The summed E-state index contributed by atoms with van der Waals surface area (Å²) < 4.78 is 5.81. The number of amides is 1. The van der Waals surface area contributed by atoms with Gasteiger partial charge in [0.2, 0.25) is 0 Å². The summed E-state index contributed by atoms with van der Waals surface area (Å²) in [6.07, 6.45) is 4.94. The highest BCUT2D eigenvalue weighted by atomic mass is 35.5. The van der Waals surface area contributed by atoms with Crippen LogP contribution in [0.2, 0.25) is 0 Å². The van der Waals surface area contributed by atoms with Gasteiger partial charge in [-0.05, 0) is 68.4 Å². The van der Waals surface area contributed by atoms with Crippen molar-refractivity contribution in [3.63, 3.8) is 0 Å². The zero-order valence-electron chi connectivity index (χ0n) is 18.9. The molecular formula is C24H28Cl2N6O2. The fraction of sp³-hybridized carbons (Fsp3) is 0.375. The lowest BCUT2D eigenvalue weighted by Gasteiger charge is -2.35. The van der Waals surface area contributed by atoms with Crippen molar-refractivity contribution in [2.75, 3.05) is 23.3 Å². The predicted octanol–water partition coefficient (Wildman–Crippen LogP) is 5.08. The van der Waals surface area contributed by atoms with Crippen molar-refractivity contribution in [1.29, 1.82) is 0 Å². The van der Waals surface area contributed by atoms with Gasteiger partial charge in [0.1, 0.15) is 11.4 Å². The van der Waals surface area contributed by atoms with E-state index in [1.165, 1.54) is 5.56 Å². The smallest absolute Gasteiger partial charge is 0.416 e. The molecule has 1 aliphatic carbocycles. The van der Waals surface area contributed by atoms with Gasteiger partial charge in [0.25, 0.3) is 0 Å². The molecule has 1 saturated carbocycles. The van der Waals surface area contributed by atoms with E-state index in [9.17, 15) is 4.79 Å². The van der Waals surface area contributed by atoms with Gasteiger partial charge in [-0.1, -0.05) is 24.3 Å². The van der Waals surface area contributed by atoms with Gasteiger partial charge >= 0.3 is 6.09 Å². The van der Waals surface area contributed by atoms with Crippen LogP contribution in [0, 0.1) is 12.8 Å². The number of aromatic nitrogens is 4. The zero-order valence-corrected chi connectivity index (χ0v) is 20.5. The average Bonchev–Trinajstić information content (AvgIpc) is 3.16. The minimum absolute atomic E-state index is 0. The second-order valence-corrected chi connectivity index (χ2v) is 8.66. The number of nitrogens with one attached hydrogen (secondary N) is 1. The standard InChI is InChI=1S/C24H26N6O2.2ClH/c1-17-5-2-3-6-19(17)20-8-9-21(28-27-20)25-15-18-10-12-24(13-11-18)16-30(23(31)32-24)22-7-4-14-26-29-22;;/h2-9,14,18H,10-13,15-16H2,1H3,(H,25,28);2*1H/t18-,24-;;. The number of benzene rings is 1. The van der Waals surface area contributed by atoms with Crippen molar-refractivity contribution in [3.05, 3.63) is 60.3 Å². The zero-order chi connectivity index (χ0) is 22.0. The number of ether oxygens (including phenoxy) is 1. The highest BCUT2D eigenvalue weighted by Crippen LogP contribution is 2.40. The summed E-state index contributed by atoms with van der Waals surface area (Å²) in [4.78, 5) is 14.0. The number of halogens is 2. The van der Waals surface area contributed by atoms with E-state index < -0.39 is 5.60 Å². The first-order chi connectivity index (χ1) is 15.6. The number of hydrogen-bond acceptors (Lipinski definition) is 7. The summed E-state index contributed by atoms with van der Waals surface area (Å²) in [5, 5.41) is 20.1. The summed E-state index contributed by atoms with van der Waals surface area (Å²) in [6, 6.07) is 15.7. The molecule has 34 heavy (non-hydrogen) atoms. The highest BCUT2D eigenvalue weighted by Gasteiger charge is 2.48. The minimum Gasteiger partial charge on any atom is -0.441 e. The summed E-state index contributed by atoms with van der Waals surface area (Å²) >= 11 is 0. The van der Waals surface area contributed by atoms with Gasteiger partial charge in [-0.2, -0.15) is 5.10 Å². The maximum absolute atomic E-state index is 12.4. The van der Waals surface area contributed by atoms with Crippen LogP contribution in [0.15, 0.2) is 54.7 Å². The molecule has 1 saturated heterocycles. The summed E-state index contributed by atoms with van der Waals surface area (Å²) in [7, 11) is 0. The van der Waals surface area contributed by atoms with Crippen molar-refractivity contribution >= 4 is 42.5 Å². The molecule has 1 aromatic carbocycles. The van der Waals surface area contributed by atoms with E-state index in [-0.39, 0.29) is 30.9 Å². The van der Waals surface area contributed by atoms with Crippen molar-refractivity contribution < 1.29 is 9.53 Å². The number of carbonyl (C=O) groups excluding carboxylic acids is 1. The molecular weight excluding hydrogens is 475 g/mol. The molecule has 1 spiro atoms. The number of hydrogen-bond donors (Lipinski definition) is 1. The minimum atomic E-state index is -0.417. The molecule has 0 atom stereocenters. The second kappa shape index (κ2) is 11.0. The van der Waals surface area contributed by atoms with Crippen molar-refractivity contribution in [1.82, 2.24) is 20.4 Å². The van der Waals surface area contributed by atoms with Crippen LogP contribution in [-0.4, -0.2) is 45.2 Å². The fourth-order valence-electron chi connectivity index (χ4n) is 4.58. The fourth-order valence-corrected chi connectivity index (χ4v) is 4.58. The quantitative estimate of drug-likeness (QED) is 0.519. The molecule has 0 radical (unpaired) electrons. The lowest BCUT2D eigenvalue weighted by molar-refractivity contribution is 0.0148. The Morgan fingerprint density at radius 3 is 2.50 bits per heavy atom. The summed E-state index contributed by atoms with van der Waals surface area (Å²) in [6.45, 7) is 3.44. The third-order valence-electron chi connectivity index (χ3n) is 6.48. The Labute approximate surface area is 211 Å². The number of anilines is 2. The topological polar surface area (TPSA) is 93.1 Å². The maximum Gasteiger partial charge on any atom is 0.416 e. The van der Waals surface area contributed by atoms with Crippen LogP contribution in [0.4, 0.5) is 16.4 Å². The van der Waals surface area contributed by atoms with Crippen LogP contribution in [-0.2, 0) is 4.74 Å². The number of carbonyl (C=O) groups is 1. The van der Waals surface area contributed by atoms with Crippen molar-refractivity contribution in [3.8, 4) is 11.3 Å². The lowest BCUT2D eigenvalue weighted by Crippen LogP contribution is -2.39. The van der Waals surface area contributed by atoms with Crippen molar-refractivity contribution in [2.24, 2.45) is 5.92 Å². The van der Waals surface area contributed by atoms with E-state index in [4.69, 9.17) is 4.74 Å². The molecule has 3 heterocycles. The van der Waals surface area contributed by atoms with E-state index >= 15 is 0 Å². The van der Waals surface area contributed by atoms with Gasteiger partial charge < -0.3 is 10.1 Å². The molecule has 0 unspecified atom stereocenters. The van der Waals surface area contributed by atoms with Gasteiger partial charge in [0.15, 0.2) is 5.82 Å². The van der Waals surface area contributed by atoms with Crippen LogP contribution in [0.5, 0.6) is 0 Å². The SMILES string of the molecule is Cc1ccccc1-c1ccc(NC[C@H]2CC[C@]3(CC2)CN(c2cccnn2)C(=O)O3)nn1.Cl.Cl. The Bertz CT molecular complexity index is 1090. The molecule has 0 bridgehead atoms. The molecule has 8 nitrogen and oxygen atoms in total. The van der Waals surface area contributed by atoms with Crippen LogP contribution in [0.1, 0.15) is 31.2 Å². The van der Waals surface area contributed by atoms with Gasteiger partial charge in [-0.15, -0.1) is 40.1 Å². The number of aryl methyl sites for hydroxylation is 1. The normalized spacial score (nSPS) is 21.4. The molecule has 3 aromatic rings. The monoisotopic (exact) mass is 502 g/mol. The average molecular weight is 503 g/mol. The predicted molar refractivity (Wildman–Crippen MR) is 136 cm³/mol. The van der Waals surface area contributed by atoms with E-state index in [2.05, 4.69) is 44.8 Å². The molecule has 2 aliphatic rings. The maximum atomic E-state index is 12.4. The highest BCUT2D eigenvalue weighted by molar-refractivity contribution is 5.89.